The molecule has 10 heteroatoms. The Balaban J connectivity index is 1.30. The Hall–Kier alpha value is -3.07. The van der Waals surface area contributed by atoms with Crippen molar-refractivity contribution < 1.29 is 14.2 Å². The van der Waals surface area contributed by atoms with Crippen molar-refractivity contribution in [2.24, 2.45) is 5.41 Å². The predicted octanol–water partition coefficient (Wildman–Crippen LogP) is 5.62. The van der Waals surface area contributed by atoms with E-state index in [1.165, 1.54) is 0 Å². The Bertz CT molecular complexity index is 1440. The molecule has 0 unspecified atom stereocenters. The van der Waals surface area contributed by atoms with Crippen LogP contribution in [0.15, 0.2) is 36.7 Å². The Kier molecular flexibility index (Phi) is 5.70. The number of pyridine rings is 2. The average Bonchev–Trinajstić information content (AvgIpc) is 3.22. The van der Waals surface area contributed by atoms with E-state index in [0.717, 1.165) is 54.3 Å². The van der Waals surface area contributed by atoms with Crippen molar-refractivity contribution in [1.82, 2.24) is 20.2 Å². The van der Waals surface area contributed by atoms with Gasteiger partial charge in [0.1, 0.15) is 17.6 Å². The summed E-state index contributed by atoms with van der Waals surface area (Å²) in [5.74, 6) is 2.10. The summed E-state index contributed by atoms with van der Waals surface area (Å²) in [6, 6.07) is 7.88. The van der Waals surface area contributed by atoms with Crippen LogP contribution in [0.2, 0.25) is 10.0 Å². The van der Waals surface area contributed by atoms with Crippen molar-refractivity contribution in [2.45, 2.75) is 20.0 Å². The van der Waals surface area contributed by atoms with Crippen LogP contribution in [-0.2, 0) is 4.74 Å². The number of hydrogen-bond donors (Lipinski definition) is 1. The third-order valence-electron chi connectivity index (χ3n) is 6.95. The van der Waals surface area contributed by atoms with Gasteiger partial charge in [-0.2, -0.15) is 5.10 Å². The molecule has 36 heavy (non-hydrogen) atoms. The first-order valence-corrected chi connectivity index (χ1v) is 12.5. The molecule has 6 rings (SSSR count). The van der Waals surface area contributed by atoms with E-state index >= 15 is 0 Å². The third kappa shape index (κ3) is 3.84. The summed E-state index contributed by atoms with van der Waals surface area (Å²) in [6.45, 7) is 7.42. The Morgan fingerprint density at radius 1 is 1.11 bits per heavy atom. The molecule has 0 radical (unpaired) electrons. The molecule has 4 aromatic rings. The number of fused-ring (bicyclic) bond motifs is 1. The fourth-order valence-electron chi connectivity index (χ4n) is 4.91. The van der Waals surface area contributed by atoms with E-state index in [1.54, 1.807) is 13.3 Å². The number of hydrogen-bond acceptors (Lipinski definition) is 7. The van der Waals surface area contributed by atoms with Gasteiger partial charge in [0.25, 0.3) is 0 Å². The lowest BCUT2D eigenvalue weighted by atomic mass is 9.78. The molecule has 0 saturated carbocycles. The summed E-state index contributed by atoms with van der Waals surface area (Å²) >= 11 is 12.9. The molecule has 0 amide bonds. The summed E-state index contributed by atoms with van der Waals surface area (Å²) < 4.78 is 17.3. The number of aromatic nitrogens is 4. The molecule has 2 saturated heterocycles. The summed E-state index contributed by atoms with van der Waals surface area (Å²) in [6.07, 6.45) is 3.01. The van der Waals surface area contributed by atoms with Crippen LogP contribution in [0, 0.1) is 12.3 Å². The monoisotopic (exact) mass is 525 g/mol. The third-order valence-corrected chi connectivity index (χ3v) is 7.73. The van der Waals surface area contributed by atoms with E-state index in [0.29, 0.717) is 38.2 Å². The predicted molar refractivity (Wildman–Crippen MR) is 139 cm³/mol. The molecule has 186 valence electrons. The maximum Gasteiger partial charge on any atom is 0.162 e. The smallest absolute Gasteiger partial charge is 0.162 e. The molecule has 1 aromatic carbocycles. The minimum absolute atomic E-state index is 0.342. The lowest BCUT2D eigenvalue weighted by molar-refractivity contribution is -0.127. The second-order valence-corrected chi connectivity index (χ2v) is 10.3. The fourth-order valence-corrected chi connectivity index (χ4v) is 5.56. The highest BCUT2D eigenvalue weighted by Gasteiger charge is 2.49. The average molecular weight is 526 g/mol. The largest absolute Gasteiger partial charge is 0.493 e. The van der Waals surface area contributed by atoms with Crippen LogP contribution in [0.5, 0.6) is 11.5 Å². The summed E-state index contributed by atoms with van der Waals surface area (Å²) in [5.41, 5.74) is 4.24. The molecule has 0 aliphatic carbocycles. The number of anilines is 1. The van der Waals surface area contributed by atoms with Crippen molar-refractivity contribution in [1.29, 1.82) is 0 Å². The number of nitrogens with one attached hydrogen (secondary N) is 1. The second-order valence-electron chi connectivity index (χ2n) is 9.55. The van der Waals surface area contributed by atoms with E-state index in [1.807, 2.05) is 44.3 Å². The maximum atomic E-state index is 6.50. The zero-order valence-electron chi connectivity index (χ0n) is 20.1. The highest BCUT2D eigenvalue weighted by molar-refractivity contribution is 6.36. The zero-order chi connectivity index (χ0) is 25.0. The van der Waals surface area contributed by atoms with Crippen molar-refractivity contribution in [3.05, 3.63) is 58.0 Å². The Labute approximate surface area is 218 Å². The Morgan fingerprint density at radius 2 is 1.92 bits per heavy atom. The molecular weight excluding hydrogens is 501 g/mol. The minimum atomic E-state index is -0.435. The quantitative estimate of drug-likeness (QED) is 0.349. The topological polar surface area (TPSA) is 85.4 Å². The van der Waals surface area contributed by atoms with Gasteiger partial charge in [0.15, 0.2) is 11.5 Å². The molecule has 1 spiro atoms. The number of methoxy groups -OCH3 is 1. The van der Waals surface area contributed by atoms with Crippen molar-refractivity contribution >= 4 is 39.9 Å². The number of ether oxygens (including phenoxy) is 3. The molecule has 2 aliphatic rings. The Morgan fingerprint density at radius 3 is 2.58 bits per heavy atom. The van der Waals surface area contributed by atoms with Gasteiger partial charge in [0.2, 0.25) is 0 Å². The van der Waals surface area contributed by atoms with Crippen molar-refractivity contribution in [2.75, 3.05) is 38.3 Å². The second kappa shape index (κ2) is 8.80. The lowest BCUT2D eigenvalue weighted by Crippen LogP contribution is -2.66. The highest BCUT2D eigenvalue weighted by Crippen LogP contribution is 2.42. The number of aryl methyl sites for hydroxylation is 1. The van der Waals surface area contributed by atoms with Crippen LogP contribution in [0.3, 0.4) is 0 Å². The molecule has 3 aromatic heterocycles. The highest BCUT2D eigenvalue weighted by atomic mass is 35.5. The van der Waals surface area contributed by atoms with Gasteiger partial charge in [-0.15, -0.1) is 0 Å². The molecule has 2 aliphatic heterocycles. The molecule has 5 heterocycles. The van der Waals surface area contributed by atoms with Gasteiger partial charge in [-0.3, -0.25) is 10.1 Å². The molecule has 1 atom stereocenters. The molecule has 1 N–H and O–H groups in total. The van der Waals surface area contributed by atoms with Gasteiger partial charge in [-0.1, -0.05) is 23.2 Å². The first-order chi connectivity index (χ1) is 17.4. The first kappa shape index (κ1) is 23.3. The van der Waals surface area contributed by atoms with E-state index in [-0.39, 0.29) is 0 Å². The van der Waals surface area contributed by atoms with Crippen LogP contribution in [-0.4, -0.2) is 53.6 Å². The number of nitrogens with zero attached hydrogens (tertiary/aromatic N) is 4. The number of aromatic amines is 1. The van der Waals surface area contributed by atoms with Gasteiger partial charge < -0.3 is 19.1 Å². The van der Waals surface area contributed by atoms with Crippen LogP contribution < -0.4 is 14.4 Å². The van der Waals surface area contributed by atoms with Crippen LogP contribution in [0.1, 0.15) is 24.3 Å². The van der Waals surface area contributed by atoms with E-state index in [4.69, 9.17) is 42.4 Å². The first-order valence-electron chi connectivity index (χ1n) is 11.7. The lowest BCUT2D eigenvalue weighted by Gasteiger charge is -2.55. The summed E-state index contributed by atoms with van der Waals surface area (Å²) in [4.78, 5) is 11.2. The molecule has 8 nitrogen and oxygen atoms in total. The van der Waals surface area contributed by atoms with E-state index < -0.39 is 6.10 Å². The van der Waals surface area contributed by atoms with Gasteiger partial charge in [-0.25, -0.2) is 4.98 Å². The van der Waals surface area contributed by atoms with Crippen LogP contribution in [0.4, 0.5) is 5.82 Å². The summed E-state index contributed by atoms with van der Waals surface area (Å²) in [5, 5.41) is 9.49. The standard InChI is InChI=1S/C26H25Cl2N5O3/c1-14-24(28)23(18(27)9-29-14)15(2)36-21-6-17-19(7-20(21)34-3)31-32-25(17)16-4-5-22(30-8-16)33-10-26(11-33)12-35-13-26/h4-9,15H,10-13H2,1-3H3,(H,31,32)/t15-/m1/s1. The SMILES string of the molecule is COc1cc2[nH]nc(-c3ccc(N4CC5(COC5)C4)nc3)c2cc1O[C@H](C)c1c(Cl)cnc(C)c1Cl. The van der Waals surface area contributed by atoms with E-state index in [9.17, 15) is 0 Å². The summed E-state index contributed by atoms with van der Waals surface area (Å²) in [7, 11) is 1.60. The van der Waals surface area contributed by atoms with Crippen LogP contribution in [0.25, 0.3) is 22.2 Å². The molecular formula is C26H25Cl2N5O3. The number of rotatable bonds is 6. The number of H-pyrrole nitrogens is 1. The van der Waals surface area contributed by atoms with Crippen molar-refractivity contribution in [3.63, 3.8) is 0 Å². The van der Waals surface area contributed by atoms with Gasteiger partial charge in [0, 0.05) is 48.1 Å². The van der Waals surface area contributed by atoms with Gasteiger partial charge in [0.05, 0.1) is 47.0 Å². The van der Waals surface area contributed by atoms with E-state index in [2.05, 4.69) is 20.1 Å². The normalized spacial score (nSPS) is 17.1. The number of halogens is 2. The van der Waals surface area contributed by atoms with Gasteiger partial charge >= 0.3 is 0 Å². The minimum Gasteiger partial charge on any atom is -0.493 e. The maximum absolute atomic E-state index is 6.50. The molecule has 0 bridgehead atoms. The van der Waals surface area contributed by atoms with Crippen molar-refractivity contribution in [3.8, 4) is 22.8 Å². The fraction of sp³-hybridized carbons (Fsp3) is 0.346. The van der Waals surface area contributed by atoms with Crippen LogP contribution >= 0.6 is 23.2 Å². The number of benzene rings is 1. The zero-order valence-corrected chi connectivity index (χ0v) is 21.7. The molecule has 2 fully saturated rings. The van der Waals surface area contributed by atoms with Gasteiger partial charge in [-0.05, 0) is 32.0 Å².